The molecule has 0 aromatic heterocycles. The Kier molecular flexibility index (Phi) is 3.50. The highest BCUT2D eigenvalue weighted by atomic mass is 16.5. The van der Waals surface area contributed by atoms with E-state index in [1.807, 2.05) is 24.3 Å². The molecule has 19 heavy (non-hydrogen) atoms. The predicted octanol–water partition coefficient (Wildman–Crippen LogP) is 3.22. The van der Waals surface area contributed by atoms with Crippen molar-refractivity contribution in [3.8, 4) is 5.75 Å². The highest BCUT2D eigenvalue weighted by Crippen LogP contribution is 2.43. The molecule has 1 saturated carbocycles. The number of aliphatic hydroxyl groups is 1. The maximum absolute atomic E-state index is 9.61. The van der Waals surface area contributed by atoms with Crippen LogP contribution in [0.4, 0.5) is 0 Å². The van der Waals surface area contributed by atoms with Crippen molar-refractivity contribution in [2.45, 2.75) is 56.8 Å². The Morgan fingerprint density at radius 3 is 2.95 bits per heavy atom. The summed E-state index contributed by atoms with van der Waals surface area (Å²) in [5.41, 5.74) is 1.02. The monoisotopic (exact) mass is 262 g/mol. The van der Waals surface area contributed by atoms with Gasteiger partial charge < -0.3 is 14.6 Å². The second kappa shape index (κ2) is 5.14. The minimum absolute atomic E-state index is 0.116. The quantitative estimate of drug-likeness (QED) is 0.909. The molecule has 1 aliphatic heterocycles. The van der Waals surface area contributed by atoms with E-state index in [0.29, 0.717) is 0 Å². The molecular formula is C16H22O3. The van der Waals surface area contributed by atoms with Gasteiger partial charge in [-0.2, -0.15) is 0 Å². The van der Waals surface area contributed by atoms with Crippen molar-refractivity contribution >= 4 is 0 Å². The van der Waals surface area contributed by atoms with E-state index in [2.05, 4.69) is 0 Å². The third kappa shape index (κ3) is 2.77. The van der Waals surface area contributed by atoms with Gasteiger partial charge in [-0.25, -0.2) is 0 Å². The van der Waals surface area contributed by atoms with Gasteiger partial charge in [0.05, 0.1) is 18.3 Å². The van der Waals surface area contributed by atoms with E-state index < -0.39 is 6.10 Å². The van der Waals surface area contributed by atoms with E-state index in [1.165, 1.54) is 19.3 Å². The van der Waals surface area contributed by atoms with Crippen molar-refractivity contribution in [2.75, 3.05) is 6.61 Å². The van der Waals surface area contributed by atoms with Gasteiger partial charge in [0, 0.05) is 12.8 Å². The van der Waals surface area contributed by atoms with Crippen molar-refractivity contribution in [1.82, 2.24) is 0 Å². The Hall–Kier alpha value is -1.06. The van der Waals surface area contributed by atoms with Crippen molar-refractivity contribution in [3.05, 3.63) is 29.8 Å². The molecule has 2 atom stereocenters. The zero-order chi connectivity index (χ0) is 13.3. The molecule has 1 spiro atoms. The normalized spacial score (nSPS) is 26.7. The number of hydrogen-bond donors (Lipinski definition) is 1. The van der Waals surface area contributed by atoms with Crippen LogP contribution in [0, 0.1) is 0 Å². The van der Waals surface area contributed by atoms with E-state index in [4.69, 9.17) is 9.47 Å². The van der Waals surface area contributed by atoms with Gasteiger partial charge in [-0.05, 0) is 43.9 Å². The lowest BCUT2D eigenvalue weighted by atomic mass is 9.74. The number of rotatable bonds is 3. The molecule has 3 heteroatoms. The number of ether oxygens (including phenoxy) is 2. The molecule has 0 radical (unpaired) electrons. The summed E-state index contributed by atoms with van der Waals surface area (Å²) >= 11 is 0. The fourth-order valence-electron chi connectivity index (χ4n) is 3.04. The Morgan fingerprint density at radius 1 is 1.42 bits per heavy atom. The van der Waals surface area contributed by atoms with Crippen molar-refractivity contribution < 1.29 is 14.6 Å². The summed E-state index contributed by atoms with van der Waals surface area (Å²) in [6.45, 7) is 2.58. The van der Waals surface area contributed by atoms with Gasteiger partial charge in [-0.15, -0.1) is 0 Å². The molecule has 1 aromatic rings. The molecular weight excluding hydrogens is 240 g/mol. The molecule has 1 heterocycles. The molecule has 2 aliphatic rings. The maximum Gasteiger partial charge on any atom is 0.120 e. The molecule has 3 nitrogen and oxygen atoms in total. The number of benzene rings is 1. The average molecular weight is 262 g/mol. The maximum atomic E-state index is 9.61. The Bertz CT molecular complexity index is 437. The van der Waals surface area contributed by atoms with Crippen LogP contribution in [0.3, 0.4) is 0 Å². The fourth-order valence-corrected chi connectivity index (χ4v) is 3.04. The lowest BCUT2D eigenvalue weighted by Gasteiger charge is -2.46. The van der Waals surface area contributed by atoms with Gasteiger partial charge in [0.2, 0.25) is 0 Å². The van der Waals surface area contributed by atoms with E-state index in [-0.39, 0.29) is 11.7 Å². The first-order valence-corrected chi connectivity index (χ1v) is 7.26. The van der Waals surface area contributed by atoms with Crippen LogP contribution in [0.1, 0.15) is 50.7 Å². The summed E-state index contributed by atoms with van der Waals surface area (Å²) in [4.78, 5) is 0. The molecule has 2 fully saturated rings. The van der Waals surface area contributed by atoms with E-state index in [9.17, 15) is 5.11 Å². The Labute approximate surface area is 114 Å². The van der Waals surface area contributed by atoms with Crippen LogP contribution in [0.2, 0.25) is 0 Å². The molecule has 1 aromatic carbocycles. The summed E-state index contributed by atoms with van der Waals surface area (Å²) in [6, 6.07) is 7.77. The fraction of sp³-hybridized carbons (Fsp3) is 0.625. The van der Waals surface area contributed by atoms with Crippen molar-refractivity contribution in [2.24, 2.45) is 0 Å². The summed E-state index contributed by atoms with van der Waals surface area (Å²) in [7, 11) is 0. The van der Waals surface area contributed by atoms with Gasteiger partial charge in [0.1, 0.15) is 11.9 Å². The number of hydrogen-bond acceptors (Lipinski definition) is 3. The van der Waals surface area contributed by atoms with Gasteiger partial charge in [0.15, 0.2) is 0 Å². The second-order valence-electron chi connectivity index (χ2n) is 5.87. The minimum Gasteiger partial charge on any atom is -0.490 e. The second-order valence-corrected chi connectivity index (χ2v) is 5.87. The Morgan fingerprint density at radius 2 is 2.26 bits per heavy atom. The molecule has 1 unspecified atom stereocenters. The van der Waals surface area contributed by atoms with Crippen LogP contribution in [-0.2, 0) is 4.74 Å². The van der Waals surface area contributed by atoms with Gasteiger partial charge in [-0.1, -0.05) is 12.1 Å². The molecule has 104 valence electrons. The van der Waals surface area contributed by atoms with Gasteiger partial charge in [-0.3, -0.25) is 0 Å². The highest BCUT2D eigenvalue weighted by Gasteiger charge is 2.43. The SMILES string of the molecule is C[C@@H](O)c1cccc(OC2CCOC3(CCC3)C2)c1. The van der Waals surface area contributed by atoms with Crippen LogP contribution < -0.4 is 4.74 Å². The minimum atomic E-state index is -0.448. The third-order valence-corrected chi connectivity index (χ3v) is 4.36. The van der Waals surface area contributed by atoms with Crippen LogP contribution in [0.5, 0.6) is 5.75 Å². The van der Waals surface area contributed by atoms with Crippen molar-refractivity contribution in [3.63, 3.8) is 0 Å². The molecule has 3 rings (SSSR count). The third-order valence-electron chi connectivity index (χ3n) is 4.36. The van der Waals surface area contributed by atoms with Crippen LogP contribution in [0.15, 0.2) is 24.3 Å². The van der Waals surface area contributed by atoms with E-state index in [1.54, 1.807) is 6.92 Å². The first kappa shape index (κ1) is 12.9. The molecule has 0 bridgehead atoms. The van der Waals surface area contributed by atoms with Crippen molar-refractivity contribution in [1.29, 1.82) is 0 Å². The zero-order valence-electron chi connectivity index (χ0n) is 11.5. The van der Waals surface area contributed by atoms with Crippen LogP contribution in [0.25, 0.3) is 0 Å². The molecule has 1 aliphatic carbocycles. The zero-order valence-corrected chi connectivity index (χ0v) is 11.5. The van der Waals surface area contributed by atoms with Crippen LogP contribution >= 0.6 is 0 Å². The average Bonchev–Trinajstić information content (AvgIpc) is 2.37. The van der Waals surface area contributed by atoms with Gasteiger partial charge >= 0.3 is 0 Å². The number of aliphatic hydroxyl groups excluding tert-OH is 1. The summed E-state index contributed by atoms with van der Waals surface area (Å²) < 4.78 is 12.0. The predicted molar refractivity (Wildman–Crippen MR) is 73.3 cm³/mol. The van der Waals surface area contributed by atoms with Gasteiger partial charge in [0.25, 0.3) is 0 Å². The summed E-state index contributed by atoms with van der Waals surface area (Å²) in [6.07, 6.45) is 5.41. The highest BCUT2D eigenvalue weighted by molar-refractivity contribution is 5.29. The topological polar surface area (TPSA) is 38.7 Å². The largest absolute Gasteiger partial charge is 0.490 e. The van der Waals surface area contributed by atoms with Crippen LogP contribution in [-0.4, -0.2) is 23.4 Å². The lowest BCUT2D eigenvalue weighted by Crippen LogP contribution is -2.48. The summed E-state index contributed by atoms with van der Waals surface area (Å²) in [5, 5.41) is 9.61. The smallest absolute Gasteiger partial charge is 0.120 e. The molecule has 0 amide bonds. The first-order valence-electron chi connectivity index (χ1n) is 7.26. The Balaban J connectivity index is 1.65. The van der Waals surface area contributed by atoms with E-state index in [0.717, 1.165) is 30.8 Å². The molecule has 1 N–H and O–H groups in total. The van der Waals surface area contributed by atoms with E-state index >= 15 is 0 Å². The first-order chi connectivity index (χ1) is 9.17. The lowest BCUT2D eigenvalue weighted by molar-refractivity contribution is -0.153. The summed E-state index contributed by atoms with van der Waals surface area (Å²) in [5.74, 6) is 0.861. The molecule has 1 saturated heterocycles. The standard InChI is InChI=1S/C16H22O3/c1-12(17)13-4-2-5-14(10-13)19-15-6-9-18-16(11-15)7-3-8-16/h2,4-5,10,12,15,17H,3,6-9,11H2,1H3/t12-,15?/m1/s1.